The van der Waals surface area contributed by atoms with Gasteiger partial charge in [0.2, 0.25) is 0 Å². The van der Waals surface area contributed by atoms with Gasteiger partial charge in [0.05, 0.1) is 11.5 Å². The molecule has 208 valence electrons. The summed E-state index contributed by atoms with van der Waals surface area (Å²) in [6, 6.07) is 0. The molecule has 0 amide bonds. The van der Waals surface area contributed by atoms with Gasteiger partial charge in [-0.15, -0.1) is 0 Å². The average Bonchev–Trinajstić information content (AvgIpc) is 3.49. The first-order valence-corrected chi connectivity index (χ1v) is 14.0. The number of cyclic esters (lactones) is 1. The lowest BCUT2D eigenvalue weighted by Crippen LogP contribution is -2.69. The molecule has 4 aliphatic carbocycles. The van der Waals surface area contributed by atoms with E-state index in [1.807, 2.05) is 26.8 Å². The van der Waals surface area contributed by atoms with Crippen molar-refractivity contribution in [2.75, 3.05) is 0 Å². The maximum atomic E-state index is 13.5. The molecule has 4 fully saturated rings. The first-order valence-electron chi connectivity index (χ1n) is 14.0. The molecule has 6 aliphatic rings. The molecule has 0 aromatic carbocycles. The van der Waals surface area contributed by atoms with E-state index >= 15 is 0 Å². The summed E-state index contributed by atoms with van der Waals surface area (Å²) in [5, 5.41) is 25.0. The zero-order chi connectivity index (χ0) is 27.6. The third-order valence-corrected chi connectivity index (χ3v) is 12.1. The Morgan fingerprint density at radius 2 is 1.89 bits per heavy atom. The van der Waals surface area contributed by atoms with Crippen LogP contribution in [0.15, 0.2) is 23.3 Å². The molecular formula is C30H40O8. The number of hydrogen-bond acceptors (Lipinski definition) is 8. The van der Waals surface area contributed by atoms with Crippen LogP contribution < -0.4 is 0 Å². The van der Waals surface area contributed by atoms with Crippen molar-refractivity contribution in [2.24, 2.45) is 28.6 Å². The molecule has 38 heavy (non-hydrogen) atoms. The number of ketones is 1. The van der Waals surface area contributed by atoms with Crippen molar-refractivity contribution in [3.05, 3.63) is 23.3 Å². The van der Waals surface area contributed by atoms with E-state index in [9.17, 15) is 24.6 Å². The summed E-state index contributed by atoms with van der Waals surface area (Å²) in [6.07, 6.45) is 4.86. The topological polar surface area (TPSA) is 123 Å². The van der Waals surface area contributed by atoms with Crippen LogP contribution in [0.3, 0.4) is 0 Å². The molecule has 0 radical (unpaired) electrons. The summed E-state index contributed by atoms with van der Waals surface area (Å²) in [4.78, 5) is 38.4. The van der Waals surface area contributed by atoms with Gasteiger partial charge in [0.25, 0.3) is 0 Å². The molecule has 2 heterocycles. The number of hydrogen-bond donors (Lipinski definition) is 2. The van der Waals surface area contributed by atoms with Crippen LogP contribution in [0.2, 0.25) is 0 Å². The van der Waals surface area contributed by atoms with Crippen molar-refractivity contribution in [1.82, 2.24) is 0 Å². The fourth-order valence-corrected chi connectivity index (χ4v) is 9.73. The maximum absolute atomic E-state index is 13.5. The van der Waals surface area contributed by atoms with Gasteiger partial charge in [-0.3, -0.25) is 9.59 Å². The molecule has 0 aromatic heterocycles. The minimum atomic E-state index is -1.49. The fourth-order valence-electron chi connectivity index (χ4n) is 9.73. The van der Waals surface area contributed by atoms with Crippen molar-refractivity contribution >= 4 is 17.7 Å². The number of carbonyl (C=O) groups excluding carboxylic acids is 3. The molecule has 8 heteroatoms. The SMILES string of the molecule is CC(=O)O[C@H]1C[C@H]([C@@](C)(O)[C@H]2CC(C)=C(C)C(=O)O2)[C@@]2(C)CC[C@H]3[C@@H](C[C@H]4O[C@]45CC=CC(=O)[C@]35C)[C@@]12O. The highest BCUT2D eigenvalue weighted by Crippen LogP contribution is 2.74. The zero-order valence-electron chi connectivity index (χ0n) is 23.2. The van der Waals surface area contributed by atoms with Gasteiger partial charge >= 0.3 is 11.9 Å². The molecule has 1 saturated heterocycles. The summed E-state index contributed by atoms with van der Waals surface area (Å²) >= 11 is 0. The van der Waals surface area contributed by atoms with E-state index in [-0.39, 0.29) is 30.1 Å². The second-order valence-electron chi connectivity index (χ2n) is 13.5. The lowest BCUT2D eigenvalue weighted by atomic mass is 9.43. The Bertz CT molecular complexity index is 1180. The van der Waals surface area contributed by atoms with Crippen LogP contribution >= 0.6 is 0 Å². The van der Waals surface area contributed by atoms with E-state index in [1.54, 1.807) is 19.9 Å². The Morgan fingerprint density at radius 3 is 2.55 bits per heavy atom. The van der Waals surface area contributed by atoms with E-state index in [2.05, 4.69) is 0 Å². The lowest BCUT2D eigenvalue weighted by Gasteiger charge is -2.62. The van der Waals surface area contributed by atoms with Gasteiger partial charge in [0.1, 0.15) is 29.0 Å². The summed E-state index contributed by atoms with van der Waals surface area (Å²) in [5.41, 5.74) is -3.69. The highest BCUT2D eigenvalue weighted by Gasteiger charge is 2.82. The Kier molecular flexibility index (Phi) is 5.37. The van der Waals surface area contributed by atoms with Gasteiger partial charge in [0.15, 0.2) is 5.78 Å². The van der Waals surface area contributed by atoms with Crippen LogP contribution in [0.1, 0.15) is 80.1 Å². The summed E-state index contributed by atoms with van der Waals surface area (Å²) in [7, 11) is 0. The molecular weight excluding hydrogens is 488 g/mol. The minimum absolute atomic E-state index is 0.0329. The van der Waals surface area contributed by atoms with E-state index < -0.39 is 57.7 Å². The Hall–Kier alpha value is -2.03. The molecule has 2 aliphatic heterocycles. The first kappa shape index (κ1) is 26.2. The monoisotopic (exact) mass is 528 g/mol. The number of aliphatic hydroxyl groups is 2. The van der Waals surface area contributed by atoms with Gasteiger partial charge in [-0.1, -0.05) is 18.6 Å². The van der Waals surface area contributed by atoms with Gasteiger partial charge in [-0.05, 0) is 77.7 Å². The number of fused-ring (bicyclic) bond motifs is 4. The first-order chi connectivity index (χ1) is 17.6. The zero-order valence-corrected chi connectivity index (χ0v) is 23.2. The highest BCUT2D eigenvalue weighted by molar-refractivity contribution is 5.97. The van der Waals surface area contributed by atoms with Gasteiger partial charge in [-0.25, -0.2) is 4.79 Å². The fraction of sp³-hybridized carbons (Fsp3) is 0.767. The van der Waals surface area contributed by atoms with Crippen LogP contribution in [0, 0.1) is 28.6 Å². The smallest absolute Gasteiger partial charge is 0.334 e. The Morgan fingerprint density at radius 1 is 1.18 bits per heavy atom. The van der Waals surface area contributed by atoms with E-state index in [4.69, 9.17) is 14.2 Å². The number of epoxide rings is 1. The highest BCUT2D eigenvalue weighted by atomic mass is 16.6. The Labute approximate surface area is 223 Å². The number of esters is 2. The van der Waals surface area contributed by atoms with Crippen LogP contribution in [0.4, 0.5) is 0 Å². The van der Waals surface area contributed by atoms with Crippen molar-refractivity contribution in [3.63, 3.8) is 0 Å². The largest absolute Gasteiger partial charge is 0.459 e. The van der Waals surface area contributed by atoms with E-state index in [0.717, 1.165) is 5.57 Å². The molecule has 6 rings (SSSR count). The van der Waals surface area contributed by atoms with Gasteiger partial charge in [-0.2, -0.15) is 0 Å². The lowest BCUT2D eigenvalue weighted by molar-refractivity contribution is -0.242. The van der Waals surface area contributed by atoms with Crippen LogP contribution in [0.25, 0.3) is 0 Å². The quantitative estimate of drug-likeness (QED) is 0.423. The second-order valence-corrected chi connectivity index (χ2v) is 13.5. The third kappa shape index (κ3) is 2.95. The molecule has 8 nitrogen and oxygen atoms in total. The van der Waals surface area contributed by atoms with Crippen molar-refractivity contribution < 1.29 is 38.8 Å². The molecule has 11 atom stereocenters. The second kappa shape index (κ2) is 7.79. The molecule has 0 bridgehead atoms. The van der Waals surface area contributed by atoms with E-state index in [1.165, 1.54) is 6.92 Å². The molecule has 3 saturated carbocycles. The predicted octanol–water partition coefficient (Wildman–Crippen LogP) is 3.18. The van der Waals surface area contributed by atoms with Crippen molar-refractivity contribution in [2.45, 2.75) is 115 Å². The number of carbonyl (C=O) groups is 3. The average molecular weight is 529 g/mol. The summed E-state index contributed by atoms with van der Waals surface area (Å²) in [5.74, 6) is -1.93. The standard InChI is InChI=1S/C30H40O8/c1-15-12-22(37-25(33)16(15)2)28(6,34)20-14-24(36-17(3)31)30(35)19-13-23-29(38-23)10-7-8-21(32)27(29,5)18(19)9-11-26(20,30)4/h7-8,18-20,22-24,34-35H,9-14H2,1-6H3/t18-,19+,20-,22+,23+,24-,26+,27-,28+,29+,30+/m0/s1. The minimum Gasteiger partial charge on any atom is -0.459 e. The molecule has 2 N–H and O–H groups in total. The van der Waals surface area contributed by atoms with Crippen molar-refractivity contribution in [3.8, 4) is 0 Å². The predicted molar refractivity (Wildman–Crippen MR) is 136 cm³/mol. The number of allylic oxidation sites excluding steroid dienone is 1. The van der Waals surface area contributed by atoms with Crippen LogP contribution in [0.5, 0.6) is 0 Å². The normalized spacial score (nSPS) is 50.7. The maximum Gasteiger partial charge on any atom is 0.334 e. The van der Waals surface area contributed by atoms with E-state index in [0.29, 0.717) is 37.7 Å². The van der Waals surface area contributed by atoms with Gasteiger partial charge in [0, 0.05) is 30.3 Å². The van der Waals surface area contributed by atoms with Crippen molar-refractivity contribution in [1.29, 1.82) is 0 Å². The van der Waals surface area contributed by atoms with Gasteiger partial charge < -0.3 is 24.4 Å². The molecule has 1 spiro atoms. The summed E-state index contributed by atoms with van der Waals surface area (Å²) < 4.78 is 17.9. The van der Waals surface area contributed by atoms with Crippen LogP contribution in [-0.4, -0.2) is 63.0 Å². The third-order valence-electron chi connectivity index (χ3n) is 12.1. The van der Waals surface area contributed by atoms with Crippen LogP contribution in [-0.2, 0) is 28.6 Å². The molecule has 0 unspecified atom stereocenters. The summed E-state index contributed by atoms with van der Waals surface area (Å²) in [6.45, 7) is 10.6. The molecule has 0 aromatic rings. The number of rotatable bonds is 3. The Balaban J connectivity index is 1.42. The number of ether oxygens (including phenoxy) is 3.